The number of halogens is 1. The molecule has 0 spiro atoms. The molecule has 26 heavy (non-hydrogen) atoms. The van der Waals surface area contributed by atoms with Crippen LogP contribution in [0, 0.1) is 5.82 Å². The standard InChI is InChI=1S/C21H23FN2O2/c22-17-5-7-18(8-6-17)26-19-9-11-23(12-10-19)13-14-24-15-16-3-1-2-4-20(16)21(24)25/h1-8,19H,9-15H2. The number of carbonyl (C=O) groups is 1. The average Bonchev–Trinajstić information content (AvgIpc) is 2.99. The van der Waals surface area contributed by atoms with Crippen molar-refractivity contribution >= 4 is 5.91 Å². The Bertz CT molecular complexity index is 770. The summed E-state index contributed by atoms with van der Waals surface area (Å²) in [6, 6.07) is 14.1. The molecule has 4 nitrogen and oxygen atoms in total. The van der Waals surface area contributed by atoms with E-state index in [0.29, 0.717) is 0 Å². The first kappa shape index (κ1) is 17.0. The van der Waals surface area contributed by atoms with Crippen LogP contribution in [-0.4, -0.2) is 48.0 Å². The summed E-state index contributed by atoms with van der Waals surface area (Å²) in [5, 5.41) is 0. The third-order valence-corrected chi connectivity index (χ3v) is 5.23. The zero-order chi connectivity index (χ0) is 17.9. The number of ether oxygens (including phenoxy) is 1. The molecule has 0 aliphatic carbocycles. The van der Waals surface area contributed by atoms with Crippen molar-refractivity contribution in [3.05, 3.63) is 65.5 Å². The van der Waals surface area contributed by atoms with E-state index >= 15 is 0 Å². The van der Waals surface area contributed by atoms with Crippen molar-refractivity contribution in [1.82, 2.24) is 9.80 Å². The van der Waals surface area contributed by atoms with Crippen molar-refractivity contribution < 1.29 is 13.9 Å². The maximum absolute atomic E-state index is 13.0. The van der Waals surface area contributed by atoms with Gasteiger partial charge in [-0.05, 0) is 48.7 Å². The Labute approximate surface area is 153 Å². The zero-order valence-electron chi connectivity index (χ0n) is 14.7. The lowest BCUT2D eigenvalue weighted by Gasteiger charge is -2.33. The predicted octanol–water partition coefficient (Wildman–Crippen LogP) is 3.32. The van der Waals surface area contributed by atoms with Crippen molar-refractivity contribution in [3.8, 4) is 5.75 Å². The second-order valence-electron chi connectivity index (χ2n) is 7.00. The van der Waals surface area contributed by atoms with Gasteiger partial charge in [0.2, 0.25) is 0 Å². The molecule has 5 heteroatoms. The summed E-state index contributed by atoms with van der Waals surface area (Å²) in [6.07, 6.45) is 2.08. The normalized spacial score (nSPS) is 18.2. The summed E-state index contributed by atoms with van der Waals surface area (Å²) in [7, 11) is 0. The van der Waals surface area contributed by atoms with Crippen LogP contribution in [0.15, 0.2) is 48.5 Å². The van der Waals surface area contributed by atoms with Gasteiger partial charge in [0, 0.05) is 38.3 Å². The van der Waals surface area contributed by atoms with Crippen molar-refractivity contribution in [2.45, 2.75) is 25.5 Å². The molecule has 2 aromatic rings. The number of nitrogens with zero attached hydrogens (tertiary/aromatic N) is 2. The molecular weight excluding hydrogens is 331 g/mol. The van der Waals surface area contributed by atoms with Crippen LogP contribution < -0.4 is 4.74 Å². The Morgan fingerprint density at radius 3 is 2.46 bits per heavy atom. The Kier molecular flexibility index (Phi) is 4.89. The van der Waals surface area contributed by atoms with Crippen LogP contribution in [0.3, 0.4) is 0 Å². The minimum absolute atomic E-state index is 0.148. The molecule has 0 N–H and O–H groups in total. The van der Waals surface area contributed by atoms with Gasteiger partial charge in [0.05, 0.1) is 0 Å². The molecule has 1 amide bonds. The predicted molar refractivity (Wildman–Crippen MR) is 97.7 cm³/mol. The van der Waals surface area contributed by atoms with Gasteiger partial charge in [-0.3, -0.25) is 4.79 Å². The van der Waals surface area contributed by atoms with Gasteiger partial charge in [-0.2, -0.15) is 0 Å². The molecule has 0 radical (unpaired) electrons. The minimum Gasteiger partial charge on any atom is -0.490 e. The highest BCUT2D eigenvalue weighted by Gasteiger charge is 2.27. The third-order valence-electron chi connectivity index (χ3n) is 5.23. The number of piperidine rings is 1. The number of benzene rings is 2. The van der Waals surface area contributed by atoms with E-state index < -0.39 is 0 Å². The maximum Gasteiger partial charge on any atom is 0.254 e. The van der Waals surface area contributed by atoms with E-state index in [2.05, 4.69) is 4.90 Å². The summed E-state index contributed by atoms with van der Waals surface area (Å²) < 4.78 is 18.9. The van der Waals surface area contributed by atoms with Crippen LogP contribution in [0.4, 0.5) is 4.39 Å². The molecule has 0 aromatic heterocycles. The summed E-state index contributed by atoms with van der Waals surface area (Å²) in [6.45, 7) is 4.29. The van der Waals surface area contributed by atoms with Gasteiger partial charge < -0.3 is 14.5 Å². The molecule has 2 aliphatic heterocycles. The summed E-state index contributed by atoms with van der Waals surface area (Å²) in [4.78, 5) is 16.7. The molecule has 1 fully saturated rings. The first-order valence-corrected chi connectivity index (χ1v) is 9.21. The Hall–Kier alpha value is -2.40. The van der Waals surface area contributed by atoms with Crippen molar-refractivity contribution in [3.63, 3.8) is 0 Å². The van der Waals surface area contributed by atoms with Gasteiger partial charge in [0.25, 0.3) is 5.91 Å². The van der Waals surface area contributed by atoms with E-state index in [1.165, 1.54) is 12.1 Å². The molecule has 0 unspecified atom stereocenters. The highest BCUT2D eigenvalue weighted by atomic mass is 19.1. The molecular formula is C21H23FN2O2. The van der Waals surface area contributed by atoms with E-state index in [-0.39, 0.29) is 17.8 Å². The molecule has 136 valence electrons. The first-order valence-electron chi connectivity index (χ1n) is 9.21. The molecule has 0 bridgehead atoms. The second kappa shape index (κ2) is 7.46. The van der Waals surface area contributed by atoms with Gasteiger partial charge in [-0.15, -0.1) is 0 Å². The zero-order valence-corrected chi connectivity index (χ0v) is 14.7. The number of likely N-dealkylation sites (tertiary alicyclic amines) is 1. The monoisotopic (exact) mass is 354 g/mol. The Balaban J connectivity index is 1.22. The highest BCUT2D eigenvalue weighted by molar-refractivity contribution is 5.98. The van der Waals surface area contributed by atoms with E-state index in [1.807, 2.05) is 29.2 Å². The lowest BCUT2D eigenvalue weighted by molar-refractivity contribution is 0.0702. The molecule has 0 saturated carbocycles. The van der Waals surface area contributed by atoms with Gasteiger partial charge in [0.1, 0.15) is 17.7 Å². The van der Waals surface area contributed by atoms with Gasteiger partial charge in [-0.25, -0.2) is 4.39 Å². The largest absolute Gasteiger partial charge is 0.490 e. The molecule has 2 heterocycles. The quantitative estimate of drug-likeness (QED) is 0.826. The van der Waals surface area contributed by atoms with Crippen LogP contribution in [-0.2, 0) is 6.54 Å². The third kappa shape index (κ3) is 3.73. The fourth-order valence-corrected chi connectivity index (χ4v) is 3.71. The van der Waals surface area contributed by atoms with Crippen LogP contribution in [0.2, 0.25) is 0 Å². The van der Waals surface area contributed by atoms with E-state index in [9.17, 15) is 9.18 Å². The van der Waals surface area contributed by atoms with E-state index in [1.54, 1.807) is 12.1 Å². The number of hydrogen-bond acceptors (Lipinski definition) is 3. The Morgan fingerprint density at radius 2 is 1.73 bits per heavy atom. The van der Waals surface area contributed by atoms with E-state index in [4.69, 9.17) is 4.74 Å². The van der Waals surface area contributed by atoms with Crippen molar-refractivity contribution in [2.75, 3.05) is 26.2 Å². The van der Waals surface area contributed by atoms with Crippen molar-refractivity contribution in [2.24, 2.45) is 0 Å². The second-order valence-corrected chi connectivity index (χ2v) is 7.00. The van der Waals surface area contributed by atoms with Crippen LogP contribution >= 0.6 is 0 Å². The number of carbonyl (C=O) groups excluding carboxylic acids is 1. The number of amides is 1. The maximum atomic E-state index is 13.0. The summed E-state index contributed by atoms with van der Waals surface area (Å²) >= 11 is 0. The fraction of sp³-hybridized carbons (Fsp3) is 0.381. The highest BCUT2D eigenvalue weighted by Crippen LogP contribution is 2.23. The van der Waals surface area contributed by atoms with Crippen molar-refractivity contribution in [1.29, 1.82) is 0 Å². The molecule has 1 saturated heterocycles. The smallest absolute Gasteiger partial charge is 0.254 e. The molecule has 2 aromatic carbocycles. The van der Waals surface area contributed by atoms with E-state index in [0.717, 1.165) is 62.4 Å². The SMILES string of the molecule is O=C1c2ccccc2CN1CCN1CCC(Oc2ccc(F)cc2)CC1. The lowest BCUT2D eigenvalue weighted by Crippen LogP contribution is -2.42. The minimum atomic E-state index is -0.245. The summed E-state index contributed by atoms with van der Waals surface area (Å²) in [5.41, 5.74) is 1.97. The number of rotatable bonds is 5. The molecule has 4 rings (SSSR count). The van der Waals surface area contributed by atoms with Crippen LogP contribution in [0.25, 0.3) is 0 Å². The summed E-state index contributed by atoms with van der Waals surface area (Å²) in [5.74, 6) is 0.631. The van der Waals surface area contributed by atoms with Gasteiger partial charge >= 0.3 is 0 Å². The fourth-order valence-electron chi connectivity index (χ4n) is 3.71. The Morgan fingerprint density at radius 1 is 1.00 bits per heavy atom. The first-order chi connectivity index (χ1) is 12.7. The van der Waals surface area contributed by atoms with Gasteiger partial charge in [-0.1, -0.05) is 18.2 Å². The van der Waals surface area contributed by atoms with Crippen LogP contribution in [0.1, 0.15) is 28.8 Å². The topological polar surface area (TPSA) is 32.8 Å². The van der Waals surface area contributed by atoms with Gasteiger partial charge in [0.15, 0.2) is 0 Å². The average molecular weight is 354 g/mol. The lowest BCUT2D eigenvalue weighted by atomic mass is 10.1. The molecule has 2 aliphatic rings. The number of hydrogen-bond donors (Lipinski definition) is 0. The van der Waals surface area contributed by atoms with Crippen LogP contribution in [0.5, 0.6) is 5.75 Å². The number of fused-ring (bicyclic) bond motifs is 1. The molecule has 0 atom stereocenters.